The molecule has 0 aromatic heterocycles. The van der Waals surface area contributed by atoms with Crippen LogP contribution in [0.25, 0.3) is 0 Å². The highest BCUT2D eigenvalue weighted by Gasteiger charge is 2.32. The molecule has 32 heavy (non-hydrogen) atoms. The fourth-order valence-electron chi connectivity index (χ4n) is 2.84. The molecule has 0 saturated heterocycles. The van der Waals surface area contributed by atoms with E-state index in [4.69, 9.17) is 15.9 Å². The molecule has 11 nitrogen and oxygen atoms in total. The summed E-state index contributed by atoms with van der Waals surface area (Å²) in [5.74, 6) is -4.12. The van der Waals surface area contributed by atoms with E-state index in [0.29, 0.717) is 6.42 Å². The average molecular weight is 453 g/mol. The second kappa shape index (κ2) is 13.4. The molecule has 0 spiro atoms. The van der Waals surface area contributed by atoms with E-state index in [1.807, 2.05) is 6.07 Å². The number of aliphatic hydroxyl groups is 2. The number of carbonyl (C=O) groups is 4. The molecule has 11 heteroatoms. The summed E-state index contributed by atoms with van der Waals surface area (Å²) in [6, 6.07) is 4.02. The summed E-state index contributed by atoms with van der Waals surface area (Å²) in [6.07, 6.45) is 0.690. The monoisotopic (exact) mass is 452 g/mol. The first-order chi connectivity index (χ1) is 15.1. The number of nitrogens with two attached hydrogens (primary N) is 1. The summed E-state index contributed by atoms with van der Waals surface area (Å²) in [5, 5.41) is 34.7. The van der Waals surface area contributed by atoms with Crippen molar-refractivity contribution in [1.82, 2.24) is 16.0 Å². The van der Waals surface area contributed by atoms with Gasteiger partial charge in [-0.2, -0.15) is 0 Å². The van der Waals surface area contributed by atoms with Crippen molar-refractivity contribution in [3.8, 4) is 0 Å². The molecule has 1 aromatic rings. The Bertz CT molecular complexity index is 775. The van der Waals surface area contributed by atoms with Gasteiger partial charge in [-0.05, 0) is 17.9 Å². The highest BCUT2D eigenvalue weighted by Crippen LogP contribution is 2.09. The van der Waals surface area contributed by atoms with Crippen molar-refractivity contribution < 1.29 is 34.5 Å². The lowest BCUT2D eigenvalue weighted by Gasteiger charge is -2.27. The quantitative estimate of drug-likeness (QED) is 0.181. The molecular formula is C21H32N4O7. The van der Waals surface area contributed by atoms with E-state index in [2.05, 4.69) is 16.0 Å². The SMILES string of the molecule is CCC(C)C(NC(=O)C(CO)NC(=O)C(N)Cc1ccccc1)C(=O)NC(CO)C(=O)O. The fraction of sp³-hybridized carbons (Fsp3) is 0.524. The number of carboxylic acid groups (broad SMARTS) is 1. The highest BCUT2D eigenvalue weighted by molar-refractivity contribution is 5.94. The zero-order valence-electron chi connectivity index (χ0n) is 18.2. The number of amides is 3. The molecule has 0 saturated carbocycles. The number of aliphatic carboxylic acids is 1. The molecule has 178 valence electrons. The normalized spacial score (nSPS) is 15.5. The van der Waals surface area contributed by atoms with Crippen LogP contribution in [0.2, 0.25) is 0 Å². The van der Waals surface area contributed by atoms with E-state index < -0.39 is 67.0 Å². The number of benzene rings is 1. The third kappa shape index (κ3) is 8.25. The van der Waals surface area contributed by atoms with Gasteiger partial charge in [-0.25, -0.2) is 4.79 Å². The van der Waals surface area contributed by atoms with Crippen LogP contribution < -0.4 is 21.7 Å². The fourth-order valence-corrected chi connectivity index (χ4v) is 2.84. The van der Waals surface area contributed by atoms with E-state index >= 15 is 0 Å². The third-order valence-electron chi connectivity index (χ3n) is 5.04. The second-order valence-corrected chi connectivity index (χ2v) is 7.49. The minimum atomic E-state index is -1.53. The van der Waals surface area contributed by atoms with Crippen LogP contribution in [0.5, 0.6) is 0 Å². The lowest BCUT2D eigenvalue weighted by molar-refractivity contribution is -0.143. The van der Waals surface area contributed by atoms with E-state index in [-0.39, 0.29) is 6.42 Å². The maximum absolute atomic E-state index is 12.6. The third-order valence-corrected chi connectivity index (χ3v) is 5.04. The molecule has 0 aliphatic rings. The van der Waals surface area contributed by atoms with Crippen molar-refractivity contribution in [1.29, 1.82) is 0 Å². The number of aliphatic hydroxyl groups excluding tert-OH is 2. The molecule has 1 rings (SSSR count). The number of hydrogen-bond acceptors (Lipinski definition) is 7. The van der Waals surface area contributed by atoms with Gasteiger partial charge in [0.15, 0.2) is 0 Å². The number of carboxylic acids is 1. The molecule has 5 unspecified atom stereocenters. The van der Waals surface area contributed by atoms with Gasteiger partial charge in [0, 0.05) is 0 Å². The minimum absolute atomic E-state index is 0.224. The number of nitrogens with one attached hydrogen (secondary N) is 3. The first kappa shape index (κ1) is 27.0. The molecule has 0 fully saturated rings. The molecule has 0 radical (unpaired) electrons. The molecule has 5 atom stereocenters. The largest absolute Gasteiger partial charge is 0.480 e. The zero-order chi connectivity index (χ0) is 24.3. The van der Waals surface area contributed by atoms with E-state index in [9.17, 15) is 24.3 Å². The standard InChI is InChI=1S/C21H32N4O7/c1-3-12(2)17(20(30)24-16(11-27)21(31)32)25-19(29)15(10-26)23-18(28)14(22)9-13-7-5-4-6-8-13/h4-8,12,14-17,26-27H,3,9-11,22H2,1-2H3,(H,23,28)(H,24,30)(H,25,29)(H,31,32). The van der Waals surface area contributed by atoms with E-state index in [1.165, 1.54) is 0 Å². The number of rotatable bonds is 13. The Morgan fingerprint density at radius 3 is 1.97 bits per heavy atom. The molecule has 0 aliphatic carbocycles. The molecule has 1 aromatic carbocycles. The van der Waals surface area contributed by atoms with Crippen molar-refractivity contribution in [3.63, 3.8) is 0 Å². The predicted molar refractivity (Wildman–Crippen MR) is 115 cm³/mol. The Morgan fingerprint density at radius 1 is 0.906 bits per heavy atom. The van der Waals surface area contributed by atoms with Crippen LogP contribution >= 0.6 is 0 Å². The van der Waals surface area contributed by atoms with Crippen molar-refractivity contribution >= 4 is 23.7 Å². The van der Waals surface area contributed by atoms with Crippen LogP contribution in [-0.2, 0) is 25.6 Å². The summed E-state index contributed by atoms with van der Waals surface area (Å²) in [5.41, 5.74) is 6.73. The van der Waals surface area contributed by atoms with Gasteiger partial charge in [0.05, 0.1) is 19.3 Å². The van der Waals surface area contributed by atoms with E-state index in [1.54, 1.807) is 38.1 Å². The summed E-state index contributed by atoms with van der Waals surface area (Å²) >= 11 is 0. The Balaban J connectivity index is 2.81. The van der Waals surface area contributed by atoms with Crippen LogP contribution in [0.4, 0.5) is 0 Å². The van der Waals surface area contributed by atoms with Crippen molar-refractivity contribution in [2.75, 3.05) is 13.2 Å². The van der Waals surface area contributed by atoms with Crippen LogP contribution in [0.1, 0.15) is 25.8 Å². The zero-order valence-corrected chi connectivity index (χ0v) is 18.2. The topological polar surface area (TPSA) is 191 Å². The lowest BCUT2D eigenvalue weighted by atomic mass is 9.97. The van der Waals surface area contributed by atoms with Gasteiger partial charge >= 0.3 is 5.97 Å². The number of hydrogen-bond donors (Lipinski definition) is 7. The molecule has 0 bridgehead atoms. The average Bonchev–Trinajstić information content (AvgIpc) is 2.78. The Hall–Kier alpha value is -3.02. The molecule has 3 amide bonds. The van der Waals surface area contributed by atoms with Crippen LogP contribution in [0.3, 0.4) is 0 Å². The summed E-state index contributed by atoms with van der Waals surface area (Å²) in [4.78, 5) is 48.6. The smallest absolute Gasteiger partial charge is 0.328 e. The molecule has 8 N–H and O–H groups in total. The Kier molecular flexibility index (Phi) is 11.3. The minimum Gasteiger partial charge on any atom is -0.480 e. The molecule has 0 aliphatic heterocycles. The van der Waals surface area contributed by atoms with E-state index in [0.717, 1.165) is 5.56 Å². The maximum Gasteiger partial charge on any atom is 0.328 e. The molecular weight excluding hydrogens is 420 g/mol. The Morgan fingerprint density at radius 2 is 1.47 bits per heavy atom. The predicted octanol–water partition coefficient (Wildman–Crippen LogP) is -1.87. The second-order valence-electron chi connectivity index (χ2n) is 7.49. The van der Waals surface area contributed by atoms with Crippen molar-refractivity contribution in [3.05, 3.63) is 35.9 Å². The first-order valence-corrected chi connectivity index (χ1v) is 10.3. The van der Waals surface area contributed by atoms with Gasteiger partial charge in [-0.15, -0.1) is 0 Å². The summed E-state index contributed by atoms with van der Waals surface area (Å²) in [7, 11) is 0. The van der Waals surface area contributed by atoms with Gasteiger partial charge in [0.25, 0.3) is 0 Å². The van der Waals surface area contributed by atoms with Gasteiger partial charge in [-0.3, -0.25) is 14.4 Å². The number of carbonyl (C=O) groups excluding carboxylic acids is 3. The van der Waals surface area contributed by atoms with Gasteiger partial charge < -0.3 is 37.0 Å². The maximum atomic E-state index is 12.6. The van der Waals surface area contributed by atoms with Crippen LogP contribution in [0.15, 0.2) is 30.3 Å². The highest BCUT2D eigenvalue weighted by atomic mass is 16.4. The summed E-state index contributed by atoms with van der Waals surface area (Å²) in [6.45, 7) is 1.88. The van der Waals surface area contributed by atoms with Crippen LogP contribution in [0, 0.1) is 5.92 Å². The Labute approximate surface area is 186 Å². The van der Waals surface area contributed by atoms with Crippen molar-refractivity contribution in [2.45, 2.75) is 50.9 Å². The first-order valence-electron chi connectivity index (χ1n) is 10.3. The summed E-state index contributed by atoms with van der Waals surface area (Å²) < 4.78 is 0. The lowest BCUT2D eigenvalue weighted by Crippen LogP contribution is -2.59. The van der Waals surface area contributed by atoms with Gasteiger partial charge in [-0.1, -0.05) is 50.6 Å². The molecule has 0 heterocycles. The van der Waals surface area contributed by atoms with Gasteiger partial charge in [0.1, 0.15) is 18.1 Å². The van der Waals surface area contributed by atoms with Crippen LogP contribution in [-0.4, -0.2) is 76.4 Å². The van der Waals surface area contributed by atoms with Gasteiger partial charge in [0.2, 0.25) is 17.7 Å². The van der Waals surface area contributed by atoms with Crippen molar-refractivity contribution in [2.24, 2.45) is 11.7 Å².